The Balaban J connectivity index is 2.09. The lowest BCUT2D eigenvalue weighted by atomic mass is 10.1. The molecule has 0 heterocycles. The molecule has 0 saturated carbocycles. The molecule has 0 aliphatic heterocycles. The van der Waals surface area contributed by atoms with Gasteiger partial charge in [-0.2, -0.15) is 5.26 Å². The zero-order chi connectivity index (χ0) is 14.4. The van der Waals surface area contributed by atoms with Gasteiger partial charge in [0.25, 0.3) is 0 Å². The highest BCUT2D eigenvalue weighted by Crippen LogP contribution is 2.28. The number of rotatable bonds is 5. The summed E-state index contributed by atoms with van der Waals surface area (Å²) in [5, 5.41) is 22.2. The first-order valence-corrected chi connectivity index (χ1v) is 6.28. The summed E-state index contributed by atoms with van der Waals surface area (Å²) in [4.78, 5) is 0. The number of hydrogen-bond acceptors (Lipinski definition) is 4. The smallest absolute Gasteiger partial charge is 0.160 e. The van der Waals surface area contributed by atoms with Crippen LogP contribution in [-0.4, -0.2) is 12.2 Å². The SMILES string of the molecule is COc1ccc(C(C#N)NCc2ccccc2)cc1O. The molecule has 2 aromatic carbocycles. The molecule has 0 fully saturated rings. The second-order valence-electron chi connectivity index (χ2n) is 4.36. The van der Waals surface area contributed by atoms with Crippen LogP contribution in [0.2, 0.25) is 0 Å². The largest absolute Gasteiger partial charge is 0.504 e. The third-order valence-electron chi connectivity index (χ3n) is 3.02. The minimum Gasteiger partial charge on any atom is -0.504 e. The van der Waals surface area contributed by atoms with Gasteiger partial charge in [-0.15, -0.1) is 0 Å². The van der Waals surface area contributed by atoms with Crippen LogP contribution in [0.25, 0.3) is 0 Å². The summed E-state index contributed by atoms with van der Waals surface area (Å²) in [6.07, 6.45) is 0. The van der Waals surface area contributed by atoms with Crippen molar-refractivity contribution in [2.45, 2.75) is 12.6 Å². The van der Waals surface area contributed by atoms with E-state index in [1.807, 2.05) is 30.3 Å². The molecule has 4 nitrogen and oxygen atoms in total. The van der Waals surface area contributed by atoms with Gasteiger partial charge in [0, 0.05) is 6.54 Å². The fourth-order valence-corrected chi connectivity index (χ4v) is 1.94. The number of phenolic OH excluding ortho intramolecular Hbond substituents is 1. The van der Waals surface area contributed by atoms with E-state index >= 15 is 0 Å². The van der Waals surface area contributed by atoms with Gasteiger partial charge in [-0.1, -0.05) is 36.4 Å². The minimum absolute atomic E-state index is 0.0340. The first-order valence-electron chi connectivity index (χ1n) is 6.28. The molecule has 0 aliphatic carbocycles. The normalized spacial score (nSPS) is 11.6. The van der Waals surface area contributed by atoms with E-state index in [-0.39, 0.29) is 5.75 Å². The maximum atomic E-state index is 9.76. The fourth-order valence-electron chi connectivity index (χ4n) is 1.94. The van der Waals surface area contributed by atoms with Gasteiger partial charge in [-0.3, -0.25) is 5.32 Å². The average Bonchev–Trinajstić information content (AvgIpc) is 2.49. The Labute approximate surface area is 118 Å². The van der Waals surface area contributed by atoms with Crippen LogP contribution in [0.1, 0.15) is 17.2 Å². The Kier molecular flexibility index (Phi) is 4.59. The van der Waals surface area contributed by atoms with E-state index in [0.717, 1.165) is 5.56 Å². The van der Waals surface area contributed by atoms with Crippen molar-refractivity contribution in [3.8, 4) is 17.6 Å². The number of aromatic hydroxyl groups is 1. The maximum Gasteiger partial charge on any atom is 0.160 e. The molecule has 0 amide bonds. The lowest BCUT2D eigenvalue weighted by molar-refractivity contribution is 0.372. The Morgan fingerprint density at radius 2 is 2.00 bits per heavy atom. The third-order valence-corrected chi connectivity index (χ3v) is 3.02. The highest BCUT2D eigenvalue weighted by molar-refractivity contribution is 5.43. The molecule has 0 aliphatic rings. The van der Waals surface area contributed by atoms with E-state index < -0.39 is 6.04 Å². The monoisotopic (exact) mass is 268 g/mol. The van der Waals surface area contributed by atoms with Gasteiger partial charge in [-0.25, -0.2) is 0 Å². The second-order valence-corrected chi connectivity index (χ2v) is 4.36. The van der Waals surface area contributed by atoms with Crippen molar-refractivity contribution in [2.75, 3.05) is 7.11 Å². The highest BCUT2D eigenvalue weighted by Gasteiger charge is 2.12. The van der Waals surface area contributed by atoms with Crippen LogP contribution in [0, 0.1) is 11.3 Å². The summed E-state index contributed by atoms with van der Waals surface area (Å²) < 4.78 is 4.99. The molecular formula is C16H16N2O2. The quantitative estimate of drug-likeness (QED) is 0.875. The van der Waals surface area contributed by atoms with E-state index in [1.54, 1.807) is 18.2 Å². The van der Waals surface area contributed by atoms with E-state index in [2.05, 4.69) is 11.4 Å². The number of benzene rings is 2. The molecule has 0 saturated heterocycles. The molecule has 0 radical (unpaired) electrons. The molecule has 2 N–H and O–H groups in total. The lowest BCUT2D eigenvalue weighted by Crippen LogP contribution is -2.19. The van der Waals surface area contributed by atoms with Crippen molar-refractivity contribution in [2.24, 2.45) is 0 Å². The van der Waals surface area contributed by atoms with Crippen LogP contribution < -0.4 is 10.1 Å². The number of hydrogen-bond donors (Lipinski definition) is 2. The molecular weight excluding hydrogens is 252 g/mol. The van der Waals surface area contributed by atoms with Crippen molar-refractivity contribution >= 4 is 0 Å². The number of ether oxygens (including phenoxy) is 1. The molecule has 1 unspecified atom stereocenters. The summed E-state index contributed by atoms with van der Waals surface area (Å²) in [6.45, 7) is 0.589. The Morgan fingerprint density at radius 1 is 1.25 bits per heavy atom. The fraction of sp³-hybridized carbons (Fsp3) is 0.188. The van der Waals surface area contributed by atoms with E-state index in [4.69, 9.17) is 4.74 Å². The summed E-state index contributed by atoms with van der Waals surface area (Å²) in [5.41, 5.74) is 1.81. The van der Waals surface area contributed by atoms with Crippen LogP contribution >= 0.6 is 0 Å². The maximum absolute atomic E-state index is 9.76. The van der Waals surface area contributed by atoms with Crippen molar-refractivity contribution in [3.63, 3.8) is 0 Å². The third kappa shape index (κ3) is 3.28. The predicted molar refractivity (Wildman–Crippen MR) is 76.3 cm³/mol. The van der Waals surface area contributed by atoms with Gasteiger partial charge in [0.1, 0.15) is 6.04 Å². The highest BCUT2D eigenvalue weighted by atomic mass is 16.5. The molecule has 2 rings (SSSR count). The molecule has 1 atom stereocenters. The van der Waals surface area contributed by atoms with Gasteiger partial charge < -0.3 is 9.84 Å². The van der Waals surface area contributed by atoms with Crippen LogP contribution in [0.4, 0.5) is 0 Å². The standard InChI is InChI=1S/C16H16N2O2/c1-20-16-8-7-13(9-15(16)19)14(10-17)18-11-12-5-3-2-4-6-12/h2-9,14,18-19H,11H2,1H3. The Bertz CT molecular complexity index is 606. The molecule has 2 aromatic rings. The van der Waals surface area contributed by atoms with Crippen molar-refractivity contribution in [3.05, 3.63) is 59.7 Å². The molecule has 0 aromatic heterocycles. The van der Waals surface area contributed by atoms with Gasteiger partial charge in [0.15, 0.2) is 11.5 Å². The van der Waals surface area contributed by atoms with Gasteiger partial charge in [-0.05, 0) is 23.3 Å². The number of phenols is 1. The van der Waals surface area contributed by atoms with E-state index in [0.29, 0.717) is 17.9 Å². The zero-order valence-electron chi connectivity index (χ0n) is 11.2. The van der Waals surface area contributed by atoms with Crippen molar-refractivity contribution in [1.29, 1.82) is 5.26 Å². The van der Waals surface area contributed by atoms with Crippen LogP contribution in [0.15, 0.2) is 48.5 Å². The summed E-state index contributed by atoms with van der Waals surface area (Å²) >= 11 is 0. The molecule has 0 bridgehead atoms. The van der Waals surface area contributed by atoms with E-state index in [1.165, 1.54) is 7.11 Å². The van der Waals surface area contributed by atoms with Gasteiger partial charge in [0.2, 0.25) is 0 Å². The van der Waals surface area contributed by atoms with E-state index in [9.17, 15) is 10.4 Å². The van der Waals surface area contributed by atoms with Gasteiger partial charge >= 0.3 is 0 Å². The molecule has 102 valence electrons. The number of nitrogens with zero attached hydrogens (tertiary/aromatic N) is 1. The van der Waals surface area contributed by atoms with Gasteiger partial charge in [0.05, 0.1) is 13.2 Å². The predicted octanol–water partition coefficient (Wildman–Crippen LogP) is 2.76. The average molecular weight is 268 g/mol. The Hall–Kier alpha value is -2.51. The van der Waals surface area contributed by atoms with Crippen molar-refractivity contribution in [1.82, 2.24) is 5.32 Å². The summed E-state index contributed by atoms with van der Waals surface area (Å²) in [7, 11) is 1.49. The summed E-state index contributed by atoms with van der Waals surface area (Å²) in [6, 6.07) is 16.5. The van der Waals surface area contributed by atoms with Crippen LogP contribution in [0.5, 0.6) is 11.5 Å². The number of nitrogens with one attached hydrogen (secondary N) is 1. The number of methoxy groups -OCH3 is 1. The van der Waals surface area contributed by atoms with Crippen LogP contribution in [-0.2, 0) is 6.54 Å². The second kappa shape index (κ2) is 6.60. The topological polar surface area (TPSA) is 65.3 Å². The van der Waals surface area contributed by atoms with Crippen LogP contribution in [0.3, 0.4) is 0 Å². The molecule has 4 heteroatoms. The molecule has 20 heavy (non-hydrogen) atoms. The summed E-state index contributed by atoms with van der Waals surface area (Å²) in [5.74, 6) is 0.431. The first kappa shape index (κ1) is 13.9. The first-order chi connectivity index (χ1) is 9.74. The lowest BCUT2D eigenvalue weighted by Gasteiger charge is -2.13. The molecule has 0 spiro atoms. The zero-order valence-corrected chi connectivity index (χ0v) is 11.2. The van der Waals surface area contributed by atoms with Crippen molar-refractivity contribution < 1.29 is 9.84 Å². The Morgan fingerprint density at radius 3 is 2.60 bits per heavy atom. The minimum atomic E-state index is -0.480. The number of nitriles is 1.